The number of aromatic hydroxyl groups is 1. The van der Waals surface area contributed by atoms with Crippen molar-refractivity contribution in [2.75, 3.05) is 19.4 Å². The number of thioether (sulfide) groups is 1. The number of amides is 1. The summed E-state index contributed by atoms with van der Waals surface area (Å²) >= 11 is 1.73. The molecule has 0 radical (unpaired) electrons. The SMILES string of the molecule is COc1ccc(C(CC(=O)NCCc2cn3c(n2)SCC3)c2oc(C)cc(=O)c2O)cc1. The van der Waals surface area contributed by atoms with Crippen molar-refractivity contribution in [3.05, 3.63) is 69.5 Å². The van der Waals surface area contributed by atoms with Gasteiger partial charge in [0.1, 0.15) is 11.5 Å². The van der Waals surface area contributed by atoms with E-state index in [1.807, 2.05) is 6.20 Å². The maximum Gasteiger partial charge on any atom is 0.227 e. The Morgan fingerprint density at radius 3 is 2.88 bits per heavy atom. The van der Waals surface area contributed by atoms with Gasteiger partial charge in [0.25, 0.3) is 0 Å². The highest BCUT2D eigenvalue weighted by molar-refractivity contribution is 7.99. The summed E-state index contributed by atoms with van der Waals surface area (Å²) in [4.78, 5) is 29.5. The smallest absolute Gasteiger partial charge is 0.227 e. The molecule has 4 rings (SSSR count). The van der Waals surface area contributed by atoms with Crippen LogP contribution in [-0.2, 0) is 17.8 Å². The van der Waals surface area contributed by atoms with Crippen LogP contribution in [0.4, 0.5) is 0 Å². The van der Waals surface area contributed by atoms with Gasteiger partial charge in [-0.15, -0.1) is 0 Å². The molecule has 0 fully saturated rings. The maximum atomic E-state index is 12.8. The highest BCUT2D eigenvalue weighted by Crippen LogP contribution is 2.33. The largest absolute Gasteiger partial charge is 0.502 e. The summed E-state index contributed by atoms with van der Waals surface area (Å²) in [6.45, 7) is 3.04. The van der Waals surface area contributed by atoms with Gasteiger partial charge in [-0.25, -0.2) is 4.98 Å². The third-order valence-corrected chi connectivity index (χ3v) is 6.32. The lowest BCUT2D eigenvalue weighted by atomic mass is 9.91. The van der Waals surface area contributed by atoms with Gasteiger partial charge in [0.05, 0.1) is 18.7 Å². The number of ether oxygens (including phenoxy) is 1. The second-order valence-electron chi connectivity index (χ2n) is 7.62. The summed E-state index contributed by atoms with van der Waals surface area (Å²) in [6, 6.07) is 8.35. The normalized spacial score (nSPS) is 13.6. The van der Waals surface area contributed by atoms with Crippen LogP contribution in [-0.4, -0.2) is 40.0 Å². The Labute approximate surface area is 189 Å². The monoisotopic (exact) mass is 455 g/mol. The first-order valence-electron chi connectivity index (χ1n) is 10.4. The lowest BCUT2D eigenvalue weighted by Crippen LogP contribution is -2.27. The summed E-state index contributed by atoms with van der Waals surface area (Å²) < 4.78 is 13.0. The van der Waals surface area contributed by atoms with Gasteiger partial charge in [0.2, 0.25) is 17.1 Å². The number of aromatic nitrogens is 2. The van der Waals surface area contributed by atoms with Crippen molar-refractivity contribution >= 4 is 17.7 Å². The van der Waals surface area contributed by atoms with Gasteiger partial charge >= 0.3 is 0 Å². The average Bonchev–Trinajstić information content (AvgIpc) is 3.37. The number of methoxy groups -OCH3 is 1. The van der Waals surface area contributed by atoms with Crippen molar-refractivity contribution in [3.8, 4) is 11.5 Å². The third kappa shape index (κ3) is 4.83. The molecule has 2 aromatic heterocycles. The molecule has 1 aliphatic heterocycles. The molecule has 8 nitrogen and oxygen atoms in total. The standard InChI is InChI=1S/C23H25N3O5S/c1-14-11-19(27)21(29)22(31-14)18(15-3-5-17(30-2)6-4-15)12-20(28)24-8-7-16-13-26-9-10-32-23(26)25-16/h3-6,11,13,18,29H,7-10,12H2,1-2H3,(H,24,28). The summed E-state index contributed by atoms with van der Waals surface area (Å²) in [5.41, 5.74) is 1.14. The molecule has 168 valence electrons. The Bertz CT molecular complexity index is 1150. The van der Waals surface area contributed by atoms with Gasteiger partial charge in [0, 0.05) is 43.9 Å². The Morgan fingerprint density at radius 2 is 2.16 bits per heavy atom. The number of carbonyl (C=O) groups is 1. The van der Waals surface area contributed by atoms with Crippen molar-refractivity contribution in [1.82, 2.24) is 14.9 Å². The summed E-state index contributed by atoms with van der Waals surface area (Å²) in [6.07, 6.45) is 2.67. The molecule has 9 heteroatoms. The highest BCUT2D eigenvalue weighted by Gasteiger charge is 2.26. The molecule has 0 bridgehead atoms. The summed E-state index contributed by atoms with van der Waals surface area (Å²) in [5.74, 6) is 0.849. The van der Waals surface area contributed by atoms with E-state index < -0.39 is 17.1 Å². The number of imidazole rings is 1. The zero-order chi connectivity index (χ0) is 22.7. The van der Waals surface area contributed by atoms with Crippen LogP contribution in [0.2, 0.25) is 0 Å². The van der Waals surface area contributed by atoms with Crippen molar-refractivity contribution < 1.29 is 19.1 Å². The molecule has 1 atom stereocenters. The van der Waals surface area contributed by atoms with Crippen LogP contribution in [0.15, 0.2) is 50.9 Å². The topological polar surface area (TPSA) is 107 Å². The van der Waals surface area contributed by atoms with E-state index in [9.17, 15) is 14.7 Å². The Kier molecular flexibility index (Phi) is 6.55. The molecule has 3 heterocycles. The molecule has 1 amide bonds. The number of hydrogen-bond acceptors (Lipinski definition) is 7. The van der Waals surface area contributed by atoms with E-state index >= 15 is 0 Å². The quantitative estimate of drug-likeness (QED) is 0.538. The van der Waals surface area contributed by atoms with E-state index in [1.165, 1.54) is 6.07 Å². The fourth-order valence-corrected chi connectivity index (χ4v) is 4.69. The lowest BCUT2D eigenvalue weighted by Gasteiger charge is -2.18. The van der Waals surface area contributed by atoms with Crippen LogP contribution in [0.1, 0.15) is 35.1 Å². The number of rotatable bonds is 8. The first kappa shape index (κ1) is 22.0. The minimum absolute atomic E-state index is 0.0157. The minimum atomic E-state index is -0.624. The van der Waals surface area contributed by atoms with Crippen LogP contribution in [0.3, 0.4) is 0 Å². The van der Waals surface area contributed by atoms with Gasteiger partial charge in [0.15, 0.2) is 10.9 Å². The molecule has 2 N–H and O–H groups in total. The summed E-state index contributed by atoms with van der Waals surface area (Å²) in [7, 11) is 1.57. The Balaban J connectivity index is 1.49. The van der Waals surface area contributed by atoms with E-state index in [2.05, 4.69) is 14.9 Å². The van der Waals surface area contributed by atoms with Crippen LogP contribution < -0.4 is 15.5 Å². The Hall–Kier alpha value is -3.20. The number of benzene rings is 1. The van der Waals surface area contributed by atoms with Gasteiger partial charge in [-0.2, -0.15) is 0 Å². The number of hydrogen-bond donors (Lipinski definition) is 2. The minimum Gasteiger partial charge on any atom is -0.502 e. The molecule has 0 saturated carbocycles. The maximum absolute atomic E-state index is 12.8. The van der Waals surface area contributed by atoms with Crippen LogP contribution in [0.25, 0.3) is 0 Å². The second-order valence-corrected chi connectivity index (χ2v) is 8.68. The van der Waals surface area contributed by atoms with Crippen molar-refractivity contribution in [3.63, 3.8) is 0 Å². The lowest BCUT2D eigenvalue weighted by molar-refractivity contribution is -0.121. The number of nitrogens with one attached hydrogen (secondary N) is 1. The fraction of sp³-hybridized carbons (Fsp3) is 0.348. The van der Waals surface area contributed by atoms with E-state index in [-0.39, 0.29) is 18.1 Å². The predicted octanol–water partition coefficient (Wildman–Crippen LogP) is 2.85. The number of aryl methyl sites for hydroxylation is 2. The van der Waals surface area contributed by atoms with Crippen molar-refractivity contribution in [2.45, 2.75) is 37.4 Å². The molecule has 1 unspecified atom stereocenters. The van der Waals surface area contributed by atoms with Crippen LogP contribution >= 0.6 is 11.8 Å². The van der Waals surface area contributed by atoms with E-state index in [0.717, 1.165) is 28.7 Å². The first-order valence-corrected chi connectivity index (χ1v) is 11.4. The van der Waals surface area contributed by atoms with Gasteiger partial charge in [-0.1, -0.05) is 23.9 Å². The zero-order valence-corrected chi connectivity index (χ0v) is 18.8. The number of fused-ring (bicyclic) bond motifs is 1. The molecule has 0 saturated heterocycles. The predicted molar refractivity (Wildman–Crippen MR) is 120 cm³/mol. The summed E-state index contributed by atoms with van der Waals surface area (Å²) in [5, 5.41) is 14.3. The molecule has 1 aliphatic rings. The van der Waals surface area contributed by atoms with Crippen LogP contribution in [0, 0.1) is 6.92 Å². The number of nitrogens with zero attached hydrogens (tertiary/aromatic N) is 2. The molecule has 0 spiro atoms. The van der Waals surface area contributed by atoms with Crippen molar-refractivity contribution in [1.29, 1.82) is 0 Å². The third-order valence-electron chi connectivity index (χ3n) is 5.35. The van der Waals surface area contributed by atoms with Gasteiger partial charge in [-0.05, 0) is 24.6 Å². The van der Waals surface area contributed by atoms with E-state index in [0.29, 0.717) is 24.5 Å². The molecule has 0 aliphatic carbocycles. The van der Waals surface area contributed by atoms with E-state index in [1.54, 1.807) is 50.1 Å². The van der Waals surface area contributed by atoms with Gasteiger partial charge < -0.3 is 24.1 Å². The zero-order valence-electron chi connectivity index (χ0n) is 18.0. The molecule has 32 heavy (non-hydrogen) atoms. The molecule has 1 aromatic carbocycles. The molecular formula is C23H25N3O5S. The number of carbonyl (C=O) groups excluding carboxylic acids is 1. The highest BCUT2D eigenvalue weighted by atomic mass is 32.2. The second kappa shape index (κ2) is 9.52. The molecule has 3 aromatic rings. The average molecular weight is 456 g/mol. The van der Waals surface area contributed by atoms with Crippen LogP contribution in [0.5, 0.6) is 11.5 Å². The van der Waals surface area contributed by atoms with Gasteiger partial charge in [-0.3, -0.25) is 9.59 Å². The first-order chi connectivity index (χ1) is 15.4. The van der Waals surface area contributed by atoms with Crippen molar-refractivity contribution in [2.24, 2.45) is 0 Å². The van der Waals surface area contributed by atoms with E-state index in [4.69, 9.17) is 9.15 Å². The Morgan fingerprint density at radius 1 is 1.38 bits per heavy atom. The fourth-order valence-electron chi connectivity index (χ4n) is 3.73. The molecular weight excluding hydrogens is 430 g/mol.